The summed E-state index contributed by atoms with van der Waals surface area (Å²) in [6.07, 6.45) is 3.20. The van der Waals surface area contributed by atoms with Gasteiger partial charge in [-0.25, -0.2) is 0 Å². The van der Waals surface area contributed by atoms with Crippen molar-refractivity contribution in [2.75, 3.05) is 13.2 Å². The molecular formula is C22H20N2O4S. The van der Waals surface area contributed by atoms with Crippen LogP contribution in [-0.4, -0.2) is 27.9 Å². The van der Waals surface area contributed by atoms with E-state index in [2.05, 4.69) is 4.98 Å². The maximum Gasteiger partial charge on any atom is 0.262 e. The van der Waals surface area contributed by atoms with Gasteiger partial charge in [-0.15, -0.1) is 0 Å². The summed E-state index contributed by atoms with van der Waals surface area (Å²) in [5.74, 6) is 1.20. The molecule has 1 aliphatic heterocycles. The molecule has 4 rings (SSSR count). The highest BCUT2D eigenvalue weighted by atomic mass is 32.1. The molecule has 2 N–H and O–H groups in total. The van der Waals surface area contributed by atoms with Gasteiger partial charge in [0.05, 0.1) is 18.9 Å². The number of H-pyrrole nitrogens is 1. The Balaban J connectivity index is 1.68. The van der Waals surface area contributed by atoms with Gasteiger partial charge in [0, 0.05) is 0 Å². The van der Waals surface area contributed by atoms with E-state index in [1.807, 2.05) is 30.3 Å². The molecule has 2 aromatic carbocycles. The Hall–Kier alpha value is -3.16. The van der Waals surface area contributed by atoms with Crippen molar-refractivity contribution in [1.82, 2.24) is 9.55 Å². The van der Waals surface area contributed by atoms with E-state index in [-0.39, 0.29) is 16.2 Å². The molecule has 0 bridgehead atoms. The number of nitrogens with one attached hydrogen (secondary N) is 1. The quantitative estimate of drug-likeness (QED) is 0.618. The molecule has 1 fully saturated rings. The summed E-state index contributed by atoms with van der Waals surface area (Å²) in [4.78, 5) is 15.0. The van der Waals surface area contributed by atoms with Crippen LogP contribution >= 0.6 is 12.2 Å². The summed E-state index contributed by atoms with van der Waals surface area (Å²) in [6.45, 7) is 1.24. The summed E-state index contributed by atoms with van der Waals surface area (Å²) in [5, 5.41) is 10.8. The van der Waals surface area contributed by atoms with Crippen LogP contribution in [0.5, 0.6) is 17.4 Å². The number of aromatic amines is 1. The van der Waals surface area contributed by atoms with Gasteiger partial charge in [0.25, 0.3) is 5.56 Å². The predicted octanol–water partition coefficient (Wildman–Crippen LogP) is 4.59. The Morgan fingerprint density at radius 2 is 1.69 bits per heavy atom. The molecule has 6 nitrogen and oxygen atoms in total. The first-order chi connectivity index (χ1) is 14.1. The average Bonchev–Trinajstić information content (AvgIpc) is 2.74. The van der Waals surface area contributed by atoms with Crippen molar-refractivity contribution in [1.29, 1.82) is 0 Å². The molecule has 0 atom stereocenters. The molecule has 1 aromatic heterocycles. The van der Waals surface area contributed by atoms with E-state index in [0.717, 1.165) is 24.2 Å². The van der Waals surface area contributed by atoms with Crippen LogP contribution in [0.4, 0.5) is 0 Å². The summed E-state index contributed by atoms with van der Waals surface area (Å²) in [5.41, 5.74) is 1.47. The van der Waals surface area contributed by atoms with Crippen LogP contribution in [0.1, 0.15) is 18.4 Å². The molecule has 1 aliphatic rings. The van der Waals surface area contributed by atoms with E-state index in [4.69, 9.17) is 21.7 Å². The van der Waals surface area contributed by atoms with Gasteiger partial charge in [-0.05, 0) is 67.5 Å². The summed E-state index contributed by atoms with van der Waals surface area (Å²) in [6, 6.07) is 16.6. The number of hydrogen-bond donors (Lipinski definition) is 2. The third-order valence-corrected chi connectivity index (χ3v) is 4.96. The van der Waals surface area contributed by atoms with Crippen LogP contribution in [0.15, 0.2) is 65.0 Å². The number of benzene rings is 2. The van der Waals surface area contributed by atoms with E-state index < -0.39 is 5.56 Å². The van der Waals surface area contributed by atoms with Crippen molar-refractivity contribution in [3.05, 3.63) is 80.9 Å². The zero-order valence-corrected chi connectivity index (χ0v) is 16.4. The highest BCUT2D eigenvalue weighted by Crippen LogP contribution is 2.26. The van der Waals surface area contributed by atoms with Crippen LogP contribution in [0.2, 0.25) is 0 Å². The molecule has 7 heteroatoms. The normalized spacial score (nSPS) is 13.9. The summed E-state index contributed by atoms with van der Waals surface area (Å²) >= 11 is 5.29. The molecule has 0 unspecified atom stereocenters. The number of nitrogens with zero attached hydrogens (tertiary/aromatic N) is 1. The third-order valence-electron chi connectivity index (χ3n) is 4.68. The maximum absolute atomic E-state index is 12.4. The minimum Gasteiger partial charge on any atom is -0.494 e. The Morgan fingerprint density at radius 3 is 2.38 bits per heavy atom. The second-order valence-corrected chi connectivity index (χ2v) is 7.04. The fourth-order valence-corrected chi connectivity index (χ4v) is 3.46. The van der Waals surface area contributed by atoms with Gasteiger partial charge in [0.1, 0.15) is 17.1 Å². The fraction of sp³-hybridized carbons (Fsp3) is 0.182. The number of hydrogen-bond acceptors (Lipinski definition) is 5. The number of rotatable bonds is 4. The van der Waals surface area contributed by atoms with Crippen molar-refractivity contribution in [2.45, 2.75) is 12.8 Å². The Kier molecular flexibility index (Phi) is 5.59. The minimum absolute atomic E-state index is 0.123. The molecule has 29 heavy (non-hydrogen) atoms. The van der Waals surface area contributed by atoms with Crippen molar-refractivity contribution in [3.63, 3.8) is 0 Å². The lowest BCUT2D eigenvalue weighted by Gasteiger charge is -2.16. The number of ether oxygens (including phenoxy) is 2. The standard InChI is InChI=1S/C22H20N2O4S/c25-20-19(14-15-10-12-27-13-11-15)21(26)24(22(29)23-20)16-6-8-18(9-7-16)28-17-4-2-1-3-5-17/h1-9,14,26H,10-13H2,(H,23,25,29). The zero-order valence-electron chi connectivity index (χ0n) is 15.6. The van der Waals surface area contributed by atoms with Gasteiger partial charge in [-0.3, -0.25) is 14.3 Å². The average molecular weight is 408 g/mol. The van der Waals surface area contributed by atoms with E-state index in [1.165, 1.54) is 4.57 Å². The molecule has 0 spiro atoms. The van der Waals surface area contributed by atoms with Gasteiger partial charge >= 0.3 is 0 Å². The fourth-order valence-electron chi connectivity index (χ4n) is 3.18. The highest BCUT2D eigenvalue weighted by Gasteiger charge is 2.15. The minimum atomic E-state index is -0.410. The zero-order chi connectivity index (χ0) is 20.2. The molecule has 0 aliphatic carbocycles. The van der Waals surface area contributed by atoms with E-state index >= 15 is 0 Å². The van der Waals surface area contributed by atoms with E-state index in [9.17, 15) is 9.90 Å². The lowest BCUT2D eigenvalue weighted by molar-refractivity contribution is 0.119. The second-order valence-electron chi connectivity index (χ2n) is 6.66. The molecule has 0 radical (unpaired) electrons. The molecular weight excluding hydrogens is 388 g/mol. The van der Waals surface area contributed by atoms with Crippen LogP contribution in [-0.2, 0) is 4.74 Å². The Morgan fingerprint density at radius 1 is 1.03 bits per heavy atom. The van der Waals surface area contributed by atoms with Gasteiger partial charge in [-0.1, -0.05) is 23.8 Å². The first kappa shape index (κ1) is 19.2. The molecule has 1 saturated heterocycles. The topological polar surface area (TPSA) is 76.5 Å². The highest BCUT2D eigenvalue weighted by molar-refractivity contribution is 7.71. The molecule has 148 valence electrons. The second kappa shape index (κ2) is 8.46. The monoisotopic (exact) mass is 408 g/mol. The number of aromatic nitrogens is 2. The van der Waals surface area contributed by atoms with Gasteiger partial charge in [-0.2, -0.15) is 0 Å². The Labute approximate surface area is 172 Å². The van der Waals surface area contributed by atoms with Crippen LogP contribution in [0.3, 0.4) is 0 Å². The van der Waals surface area contributed by atoms with Gasteiger partial charge in [0.2, 0.25) is 5.88 Å². The van der Waals surface area contributed by atoms with Crippen molar-refractivity contribution >= 4 is 18.3 Å². The van der Waals surface area contributed by atoms with E-state index in [0.29, 0.717) is 24.7 Å². The van der Waals surface area contributed by atoms with Crippen molar-refractivity contribution in [3.8, 4) is 23.1 Å². The van der Waals surface area contributed by atoms with Gasteiger partial charge < -0.3 is 14.6 Å². The summed E-state index contributed by atoms with van der Waals surface area (Å²) < 4.78 is 12.7. The molecule has 3 aromatic rings. The van der Waals surface area contributed by atoms with E-state index in [1.54, 1.807) is 30.3 Å². The van der Waals surface area contributed by atoms with Crippen molar-refractivity contribution < 1.29 is 14.6 Å². The first-order valence-corrected chi connectivity index (χ1v) is 9.71. The third kappa shape index (κ3) is 4.31. The summed E-state index contributed by atoms with van der Waals surface area (Å²) in [7, 11) is 0. The predicted molar refractivity (Wildman–Crippen MR) is 113 cm³/mol. The SMILES string of the molecule is O=c1[nH]c(=S)n(-c2ccc(Oc3ccccc3)cc2)c(O)c1C=C1CCOCC1. The largest absolute Gasteiger partial charge is 0.494 e. The maximum atomic E-state index is 12.4. The lowest BCUT2D eigenvalue weighted by atomic mass is 10.1. The van der Waals surface area contributed by atoms with Crippen LogP contribution < -0.4 is 10.3 Å². The van der Waals surface area contributed by atoms with Crippen LogP contribution in [0, 0.1) is 4.77 Å². The molecule has 0 saturated carbocycles. The van der Waals surface area contributed by atoms with Crippen LogP contribution in [0.25, 0.3) is 11.8 Å². The number of aromatic hydroxyl groups is 1. The van der Waals surface area contributed by atoms with Gasteiger partial charge in [0.15, 0.2) is 4.77 Å². The molecule has 2 heterocycles. The van der Waals surface area contributed by atoms with Crippen molar-refractivity contribution in [2.24, 2.45) is 0 Å². The number of para-hydroxylation sites is 1. The lowest BCUT2D eigenvalue weighted by Crippen LogP contribution is -2.17. The smallest absolute Gasteiger partial charge is 0.262 e. The molecule has 0 amide bonds. The Bertz CT molecular complexity index is 1140. The first-order valence-electron chi connectivity index (χ1n) is 9.30.